The van der Waals surface area contributed by atoms with E-state index in [1.54, 1.807) is 0 Å². The van der Waals surface area contributed by atoms with Crippen LogP contribution in [0.15, 0.2) is 61.4 Å². The van der Waals surface area contributed by atoms with Crippen LogP contribution in [0.1, 0.15) is 17.5 Å². The third-order valence-electron chi connectivity index (χ3n) is 2.87. The standard InChI is InChI=1S/C16H18N2/c1-2-3-6-15-7-4-5-8-16(15)18-13-14-9-11-17-12-10-14/h2,4-5,7-12,18H,1,3,6,13H2. The van der Waals surface area contributed by atoms with Crippen LogP contribution in [0, 0.1) is 0 Å². The number of benzene rings is 1. The zero-order valence-electron chi connectivity index (χ0n) is 10.5. The van der Waals surface area contributed by atoms with E-state index in [2.05, 4.69) is 41.1 Å². The highest BCUT2D eigenvalue weighted by Gasteiger charge is 2.00. The molecule has 0 saturated carbocycles. The van der Waals surface area contributed by atoms with Crippen LogP contribution in [0.5, 0.6) is 0 Å². The Kier molecular flexibility index (Phi) is 4.53. The topological polar surface area (TPSA) is 24.9 Å². The molecular formula is C16H18N2. The average molecular weight is 238 g/mol. The molecule has 2 rings (SSSR count). The first-order chi connectivity index (χ1) is 8.90. The minimum absolute atomic E-state index is 0.827. The fourth-order valence-electron chi connectivity index (χ4n) is 1.87. The number of nitrogens with zero attached hydrogens (tertiary/aromatic N) is 1. The first-order valence-corrected chi connectivity index (χ1v) is 6.21. The highest BCUT2D eigenvalue weighted by atomic mass is 14.9. The van der Waals surface area contributed by atoms with Crippen molar-refractivity contribution >= 4 is 5.69 Å². The van der Waals surface area contributed by atoms with E-state index in [9.17, 15) is 0 Å². The molecule has 0 unspecified atom stereocenters. The van der Waals surface area contributed by atoms with Crippen molar-refractivity contribution in [1.29, 1.82) is 0 Å². The van der Waals surface area contributed by atoms with Crippen molar-refractivity contribution in [3.8, 4) is 0 Å². The van der Waals surface area contributed by atoms with Gasteiger partial charge in [0.15, 0.2) is 0 Å². The Morgan fingerprint density at radius 1 is 1.11 bits per heavy atom. The van der Waals surface area contributed by atoms with E-state index >= 15 is 0 Å². The number of pyridine rings is 1. The molecule has 92 valence electrons. The lowest BCUT2D eigenvalue weighted by molar-refractivity contribution is 0.995. The summed E-state index contributed by atoms with van der Waals surface area (Å²) in [6, 6.07) is 12.5. The van der Waals surface area contributed by atoms with Crippen molar-refractivity contribution in [3.63, 3.8) is 0 Å². The van der Waals surface area contributed by atoms with Crippen molar-refractivity contribution < 1.29 is 0 Å². The Labute approximate surface area is 108 Å². The van der Waals surface area contributed by atoms with Gasteiger partial charge in [0.05, 0.1) is 0 Å². The molecule has 0 atom stereocenters. The van der Waals surface area contributed by atoms with Gasteiger partial charge in [0, 0.05) is 24.6 Å². The number of allylic oxidation sites excluding steroid dienone is 1. The number of para-hydroxylation sites is 1. The molecule has 0 spiro atoms. The summed E-state index contributed by atoms with van der Waals surface area (Å²) < 4.78 is 0. The van der Waals surface area contributed by atoms with Crippen LogP contribution in [-0.2, 0) is 13.0 Å². The monoisotopic (exact) mass is 238 g/mol. The number of hydrogen-bond acceptors (Lipinski definition) is 2. The third kappa shape index (κ3) is 3.45. The molecular weight excluding hydrogens is 220 g/mol. The fourth-order valence-corrected chi connectivity index (χ4v) is 1.87. The van der Waals surface area contributed by atoms with Gasteiger partial charge in [-0.2, -0.15) is 0 Å². The number of nitrogens with one attached hydrogen (secondary N) is 1. The van der Waals surface area contributed by atoms with Gasteiger partial charge in [-0.05, 0) is 42.2 Å². The lowest BCUT2D eigenvalue weighted by Crippen LogP contribution is -2.02. The van der Waals surface area contributed by atoms with E-state index in [1.165, 1.54) is 16.8 Å². The molecule has 18 heavy (non-hydrogen) atoms. The number of anilines is 1. The first-order valence-electron chi connectivity index (χ1n) is 6.21. The summed E-state index contributed by atoms with van der Waals surface area (Å²) in [6.07, 6.45) is 7.64. The smallest absolute Gasteiger partial charge is 0.0401 e. The molecule has 2 heteroatoms. The Morgan fingerprint density at radius 2 is 1.89 bits per heavy atom. The molecule has 0 aliphatic carbocycles. The molecule has 1 heterocycles. The van der Waals surface area contributed by atoms with Crippen LogP contribution in [0.3, 0.4) is 0 Å². The normalized spacial score (nSPS) is 10.0. The molecule has 1 aromatic carbocycles. The molecule has 0 amide bonds. The zero-order valence-corrected chi connectivity index (χ0v) is 10.5. The van der Waals surface area contributed by atoms with Gasteiger partial charge >= 0.3 is 0 Å². The van der Waals surface area contributed by atoms with Crippen molar-refractivity contribution in [1.82, 2.24) is 4.98 Å². The van der Waals surface area contributed by atoms with Gasteiger partial charge in [-0.15, -0.1) is 6.58 Å². The van der Waals surface area contributed by atoms with Crippen LogP contribution in [0.4, 0.5) is 5.69 Å². The first kappa shape index (κ1) is 12.4. The summed E-state index contributed by atoms with van der Waals surface area (Å²) in [7, 11) is 0. The Bertz CT molecular complexity index is 491. The lowest BCUT2D eigenvalue weighted by Gasteiger charge is -2.11. The van der Waals surface area contributed by atoms with Crippen molar-refractivity contribution in [2.75, 3.05) is 5.32 Å². The van der Waals surface area contributed by atoms with E-state index in [0.717, 1.165) is 19.4 Å². The van der Waals surface area contributed by atoms with Crippen molar-refractivity contribution in [2.24, 2.45) is 0 Å². The van der Waals surface area contributed by atoms with Gasteiger partial charge in [-0.1, -0.05) is 24.3 Å². The fraction of sp³-hybridized carbons (Fsp3) is 0.188. The second-order valence-corrected chi connectivity index (χ2v) is 4.19. The number of aryl methyl sites for hydroxylation is 1. The van der Waals surface area contributed by atoms with Crippen molar-refractivity contribution in [3.05, 3.63) is 72.6 Å². The second-order valence-electron chi connectivity index (χ2n) is 4.19. The maximum Gasteiger partial charge on any atom is 0.0401 e. The van der Waals surface area contributed by atoms with Crippen LogP contribution in [-0.4, -0.2) is 4.98 Å². The maximum atomic E-state index is 4.02. The predicted molar refractivity (Wildman–Crippen MR) is 76.5 cm³/mol. The maximum absolute atomic E-state index is 4.02. The van der Waals surface area contributed by atoms with Gasteiger partial charge in [0.1, 0.15) is 0 Å². The summed E-state index contributed by atoms with van der Waals surface area (Å²) in [5.74, 6) is 0. The molecule has 0 bridgehead atoms. The number of hydrogen-bond donors (Lipinski definition) is 1. The summed E-state index contributed by atoms with van der Waals surface area (Å²) in [4.78, 5) is 4.02. The number of rotatable bonds is 6. The van der Waals surface area contributed by atoms with Gasteiger partial charge in [-0.25, -0.2) is 0 Å². The molecule has 0 radical (unpaired) electrons. The summed E-state index contributed by atoms with van der Waals surface area (Å²) in [5.41, 5.74) is 3.78. The Balaban J connectivity index is 2.02. The molecule has 0 aliphatic heterocycles. The largest absolute Gasteiger partial charge is 0.381 e. The average Bonchev–Trinajstić information content (AvgIpc) is 2.45. The van der Waals surface area contributed by atoms with Crippen LogP contribution < -0.4 is 5.32 Å². The SMILES string of the molecule is C=CCCc1ccccc1NCc1ccncc1. The van der Waals surface area contributed by atoms with E-state index < -0.39 is 0 Å². The highest BCUT2D eigenvalue weighted by Crippen LogP contribution is 2.17. The third-order valence-corrected chi connectivity index (χ3v) is 2.87. The molecule has 1 N–H and O–H groups in total. The quantitative estimate of drug-likeness (QED) is 0.774. The van der Waals surface area contributed by atoms with E-state index in [4.69, 9.17) is 0 Å². The van der Waals surface area contributed by atoms with Crippen LogP contribution in [0.2, 0.25) is 0 Å². The van der Waals surface area contributed by atoms with Gasteiger partial charge in [0.2, 0.25) is 0 Å². The van der Waals surface area contributed by atoms with Crippen LogP contribution >= 0.6 is 0 Å². The zero-order chi connectivity index (χ0) is 12.6. The van der Waals surface area contributed by atoms with Crippen LogP contribution in [0.25, 0.3) is 0 Å². The molecule has 2 nitrogen and oxygen atoms in total. The molecule has 1 aromatic heterocycles. The Morgan fingerprint density at radius 3 is 2.67 bits per heavy atom. The van der Waals surface area contributed by atoms with Gasteiger partial charge < -0.3 is 5.32 Å². The second kappa shape index (κ2) is 6.60. The summed E-state index contributed by atoms with van der Waals surface area (Å²) >= 11 is 0. The van der Waals surface area contributed by atoms with E-state index in [0.29, 0.717) is 0 Å². The minimum Gasteiger partial charge on any atom is -0.381 e. The van der Waals surface area contributed by atoms with Gasteiger partial charge in [0.25, 0.3) is 0 Å². The van der Waals surface area contributed by atoms with Crippen molar-refractivity contribution in [2.45, 2.75) is 19.4 Å². The molecule has 0 saturated heterocycles. The molecule has 0 aliphatic rings. The Hall–Kier alpha value is -2.09. The summed E-state index contributed by atoms with van der Waals surface area (Å²) in [5, 5.41) is 3.48. The van der Waals surface area contributed by atoms with Gasteiger partial charge in [-0.3, -0.25) is 4.98 Å². The highest BCUT2D eigenvalue weighted by molar-refractivity contribution is 5.51. The molecule has 2 aromatic rings. The predicted octanol–water partition coefficient (Wildman–Crippen LogP) is 3.81. The number of aromatic nitrogens is 1. The van der Waals surface area contributed by atoms with E-state index in [-0.39, 0.29) is 0 Å². The lowest BCUT2D eigenvalue weighted by atomic mass is 10.1. The molecule has 0 fully saturated rings. The summed E-state index contributed by atoms with van der Waals surface area (Å²) in [6.45, 7) is 4.60. The van der Waals surface area contributed by atoms with E-state index in [1.807, 2.05) is 30.6 Å². The minimum atomic E-state index is 0.827.